The maximum atomic E-state index is 12.3. The SMILES string of the molecule is Nc1nc(C(=O)O)c(Br)cc1C(F)F. The van der Waals surface area contributed by atoms with Crippen molar-refractivity contribution >= 4 is 27.7 Å². The minimum atomic E-state index is -2.78. The van der Waals surface area contributed by atoms with Crippen molar-refractivity contribution in [1.29, 1.82) is 0 Å². The molecular formula is C7H5BrF2N2O2. The Kier molecular flexibility index (Phi) is 3.00. The van der Waals surface area contributed by atoms with Crippen LogP contribution in [0.25, 0.3) is 0 Å². The predicted octanol–water partition coefficient (Wildman–Crippen LogP) is 2.06. The first-order valence-electron chi connectivity index (χ1n) is 3.41. The van der Waals surface area contributed by atoms with Gasteiger partial charge in [-0.05, 0) is 22.0 Å². The van der Waals surface area contributed by atoms with E-state index >= 15 is 0 Å². The Morgan fingerprint density at radius 3 is 2.64 bits per heavy atom. The number of anilines is 1. The quantitative estimate of drug-likeness (QED) is 0.859. The fraction of sp³-hybridized carbons (Fsp3) is 0.143. The normalized spacial score (nSPS) is 10.6. The fourth-order valence-electron chi connectivity index (χ4n) is 0.842. The number of carboxylic acids is 1. The van der Waals surface area contributed by atoms with Gasteiger partial charge in [0.2, 0.25) is 0 Å². The van der Waals surface area contributed by atoms with Gasteiger partial charge in [-0.25, -0.2) is 18.6 Å². The number of pyridine rings is 1. The van der Waals surface area contributed by atoms with Crippen molar-refractivity contribution < 1.29 is 18.7 Å². The average Bonchev–Trinajstić information content (AvgIpc) is 2.07. The van der Waals surface area contributed by atoms with Crippen LogP contribution >= 0.6 is 15.9 Å². The van der Waals surface area contributed by atoms with Gasteiger partial charge in [-0.2, -0.15) is 0 Å². The standard InChI is InChI=1S/C7H5BrF2N2O2/c8-3-1-2(5(9)10)6(11)12-4(3)7(13)14/h1,5H,(H2,11,12)(H,13,14). The molecule has 0 radical (unpaired) electrons. The number of carbonyl (C=O) groups is 1. The summed E-state index contributed by atoms with van der Waals surface area (Å²) in [6.07, 6.45) is -2.78. The van der Waals surface area contributed by atoms with E-state index in [9.17, 15) is 13.6 Å². The summed E-state index contributed by atoms with van der Waals surface area (Å²) in [4.78, 5) is 13.9. The third-order valence-corrected chi connectivity index (χ3v) is 2.08. The third-order valence-electron chi connectivity index (χ3n) is 1.47. The Hall–Kier alpha value is -1.24. The maximum Gasteiger partial charge on any atom is 0.355 e. The predicted molar refractivity (Wildman–Crippen MR) is 48.3 cm³/mol. The van der Waals surface area contributed by atoms with Gasteiger partial charge >= 0.3 is 5.97 Å². The molecule has 3 N–H and O–H groups in total. The van der Waals surface area contributed by atoms with Crippen LogP contribution in [0.5, 0.6) is 0 Å². The molecule has 14 heavy (non-hydrogen) atoms. The topological polar surface area (TPSA) is 76.2 Å². The van der Waals surface area contributed by atoms with E-state index in [1.54, 1.807) is 0 Å². The molecule has 1 heterocycles. The molecule has 0 saturated carbocycles. The minimum absolute atomic E-state index is 0.0190. The largest absolute Gasteiger partial charge is 0.476 e. The van der Waals surface area contributed by atoms with Crippen molar-refractivity contribution in [2.45, 2.75) is 6.43 Å². The van der Waals surface area contributed by atoms with Crippen LogP contribution in [0.15, 0.2) is 10.5 Å². The van der Waals surface area contributed by atoms with Crippen molar-refractivity contribution in [3.63, 3.8) is 0 Å². The van der Waals surface area contributed by atoms with Crippen molar-refractivity contribution in [3.05, 3.63) is 21.8 Å². The van der Waals surface area contributed by atoms with E-state index < -0.39 is 23.8 Å². The van der Waals surface area contributed by atoms with Crippen molar-refractivity contribution in [2.24, 2.45) is 0 Å². The first kappa shape index (κ1) is 10.8. The van der Waals surface area contributed by atoms with Crippen LogP contribution in [-0.2, 0) is 0 Å². The lowest BCUT2D eigenvalue weighted by Crippen LogP contribution is -2.07. The Morgan fingerprint density at radius 1 is 1.64 bits per heavy atom. The summed E-state index contributed by atoms with van der Waals surface area (Å²) in [5.74, 6) is -1.80. The number of nitrogens with two attached hydrogens (primary N) is 1. The second-order valence-corrected chi connectivity index (χ2v) is 3.25. The summed E-state index contributed by atoms with van der Waals surface area (Å²) in [5.41, 5.74) is 4.29. The smallest absolute Gasteiger partial charge is 0.355 e. The summed E-state index contributed by atoms with van der Waals surface area (Å²) in [7, 11) is 0. The minimum Gasteiger partial charge on any atom is -0.476 e. The second-order valence-electron chi connectivity index (χ2n) is 2.40. The van der Waals surface area contributed by atoms with Gasteiger partial charge in [-0.15, -0.1) is 0 Å². The molecule has 0 atom stereocenters. The molecule has 0 saturated heterocycles. The monoisotopic (exact) mass is 266 g/mol. The number of nitrogens with zero attached hydrogens (tertiary/aromatic N) is 1. The van der Waals surface area contributed by atoms with E-state index in [0.29, 0.717) is 0 Å². The molecule has 0 aliphatic rings. The third kappa shape index (κ3) is 1.98. The van der Waals surface area contributed by atoms with Crippen LogP contribution in [-0.4, -0.2) is 16.1 Å². The molecular weight excluding hydrogens is 262 g/mol. The van der Waals surface area contributed by atoms with Crippen LogP contribution in [0.1, 0.15) is 22.5 Å². The van der Waals surface area contributed by atoms with E-state index in [1.807, 2.05) is 0 Å². The summed E-state index contributed by atoms with van der Waals surface area (Å²) in [5, 5.41) is 8.58. The molecule has 0 aliphatic carbocycles. The van der Waals surface area contributed by atoms with Gasteiger partial charge in [-0.3, -0.25) is 0 Å². The number of halogens is 3. The first-order valence-corrected chi connectivity index (χ1v) is 4.20. The highest BCUT2D eigenvalue weighted by atomic mass is 79.9. The molecule has 7 heteroatoms. The van der Waals surface area contributed by atoms with Crippen molar-refractivity contribution in [1.82, 2.24) is 4.98 Å². The van der Waals surface area contributed by atoms with Crippen LogP contribution in [0.3, 0.4) is 0 Å². The molecule has 1 aromatic heterocycles. The van der Waals surface area contributed by atoms with E-state index in [2.05, 4.69) is 20.9 Å². The number of nitrogen functional groups attached to an aromatic ring is 1. The number of alkyl halides is 2. The lowest BCUT2D eigenvalue weighted by molar-refractivity contribution is 0.0689. The number of hydrogen-bond donors (Lipinski definition) is 2. The van der Waals surface area contributed by atoms with Crippen LogP contribution in [0.4, 0.5) is 14.6 Å². The second kappa shape index (κ2) is 3.87. The Bertz CT molecular complexity index is 384. The lowest BCUT2D eigenvalue weighted by Gasteiger charge is -2.06. The van der Waals surface area contributed by atoms with E-state index in [1.165, 1.54) is 0 Å². The molecule has 76 valence electrons. The van der Waals surface area contributed by atoms with Crippen LogP contribution in [0.2, 0.25) is 0 Å². The average molecular weight is 267 g/mol. The zero-order chi connectivity index (χ0) is 10.9. The van der Waals surface area contributed by atoms with Gasteiger partial charge < -0.3 is 10.8 Å². The van der Waals surface area contributed by atoms with E-state index in [0.717, 1.165) is 6.07 Å². The van der Waals surface area contributed by atoms with Crippen LogP contribution < -0.4 is 5.73 Å². The highest BCUT2D eigenvalue weighted by Gasteiger charge is 2.18. The van der Waals surface area contributed by atoms with Crippen molar-refractivity contribution in [3.8, 4) is 0 Å². The number of rotatable bonds is 2. The fourth-order valence-corrected chi connectivity index (χ4v) is 1.35. The molecule has 0 aliphatic heterocycles. The van der Waals surface area contributed by atoms with Gasteiger partial charge in [-0.1, -0.05) is 0 Å². The first-order chi connectivity index (χ1) is 6.43. The zero-order valence-corrected chi connectivity index (χ0v) is 8.25. The van der Waals surface area contributed by atoms with Crippen molar-refractivity contribution in [2.75, 3.05) is 5.73 Å². The number of carboxylic acid groups (broad SMARTS) is 1. The van der Waals surface area contributed by atoms with Gasteiger partial charge in [0.05, 0.1) is 10.0 Å². The van der Waals surface area contributed by atoms with Crippen LogP contribution in [0, 0.1) is 0 Å². The Morgan fingerprint density at radius 2 is 2.21 bits per heavy atom. The highest BCUT2D eigenvalue weighted by Crippen LogP contribution is 2.28. The van der Waals surface area contributed by atoms with Gasteiger partial charge in [0.1, 0.15) is 5.82 Å². The zero-order valence-electron chi connectivity index (χ0n) is 6.67. The number of hydrogen-bond acceptors (Lipinski definition) is 3. The summed E-state index contributed by atoms with van der Waals surface area (Å²) >= 11 is 2.82. The molecule has 0 spiro atoms. The molecule has 1 rings (SSSR count). The van der Waals surface area contributed by atoms with Gasteiger partial charge in [0.15, 0.2) is 5.69 Å². The molecule has 0 bridgehead atoms. The Balaban J connectivity index is 3.31. The summed E-state index contributed by atoms with van der Waals surface area (Å²) < 4.78 is 24.5. The molecule has 0 aromatic carbocycles. The molecule has 4 nitrogen and oxygen atoms in total. The number of aromatic nitrogens is 1. The summed E-state index contributed by atoms with van der Waals surface area (Å²) in [6.45, 7) is 0. The molecule has 1 aromatic rings. The lowest BCUT2D eigenvalue weighted by atomic mass is 10.2. The summed E-state index contributed by atoms with van der Waals surface area (Å²) in [6, 6.07) is 0.955. The van der Waals surface area contributed by atoms with Gasteiger partial charge in [0, 0.05) is 0 Å². The Labute approximate surface area is 85.9 Å². The number of aromatic carboxylic acids is 1. The maximum absolute atomic E-state index is 12.3. The molecule has 0 fully saturated rings. The van der Waals surface area contributed by atoms with E-state index in [-0.39, 0.29) is 10.2 Å². The molecule has 0 unspecified atom stereocenters. The molecule has 0 amide bonds. The highest BCUT2D eigenvalue weighted by molar-refractivity contribution is 9.10. The van der Waals surface area contributed by atoms with Gasteiger partial charge in [0.25, 0.3) is 6.43 Å². The van der Waals surface area contributed by atoms with E-state index in [4.69, 9.17) is 10.8 Å².